The van der Waals surface area contributed by atoms with E-state index < -0.39 is 35.6 Å². The average Bonchev–Trinajstić information content (AvgIpc) is 3.47. The summed E-state index contributed by atoms with van der Waals surface area (Å²) in [7, 11) is 0. The van der Waals surface area contributed by atoms with E-state index in [9.17, 15) is 27.5 Å². The lowest BCUT2D eigenvalue weighted by Crippen LogP contribution is -2.51. The minimum Gasteiger partial charge on any atom is -0.390 e. The quantitative estimate of drug-likeness (QED) is 0.530. The van der Waals surface area contributed by atoms with Crippen molar-refractivity contribution in [1.29, 1.82) is 0 Å². The number of amides is 1. The van der Waals surface area contributed by atoms with Crippen LogP contribution in [0, 0.1) is 12.7 Å². The van der Waals surface area contributed by atoms with Gasteiger partial charge in [0.25, 0.3) is 5.91 Å². The minimum atomic E-state index is -4.58. The summed E-state index contributed by atoms with van der Waals surface area (Å²) in [4.78, 5) is 23.3. The summed E-state index contributed by atoms with van der Waals surface area (Å²) in [6.45, 7) is 4.65. The molecule has 3 heterocycles. The molecule has 2 aliphatic rings. The fourth-order valence-electron chi connectivity index (χ4n) is 4.93. The van der Waals surface area contributed by atoms with Gasteiger partial charge < -0.3 is 19.8 Å². The number of nitrogens with zero attached hydrogens (tertiary/aromatic N) is 4. The number of aliphatic hydroxyl groups is 1. The Bertz CT molecular complexity index is 1090. The summed E-state index contributed by atoms with van der Waals surface area (Å²) >= 11 is 5.99. The molecule has 0 spiro atoms. The molecule has 2 aliphatic heterocycles. The third kappa shape index (κ3) is 5.92. The van der Waals surface area contributed by atoms with Gasteiger partial charge in [0.15, 0.2) is 0 Å². The van der Waals surface area contributed by atoms with E-state index in [1.807, 2.05) is 0 Å². The van der Waals surface area contributed by atoms with Crippen molar-refractivity contribution in [1.82, 2.24) is 9.88 Å². The number of aryl methyl sites for hydroxylation is 1. The van der Waals surface area contributed by atoms with Crippen LogP contribution in [0.25, 0.3) is 0 Å². The number of hydrogen-bond donors (Lipinski definition) is 1. The number of rotatable bonds is 7. The summed E-state index contributed by atoms with van der Waals surface area (Å²) in [5.41, 5.74) is -0.356. The van der Waals surface area contributed by atoms with E-state index in [0.29, 0.717) is 12.1 Å². The predicted molar refractivity (Wildman–Crippen MR) is 130 cm³/mol. The second-order valence-electron chi connectivity index (χ2n) is 9.34. The first-order chi connectivity index (χ1) is 17.0. The van der Waals surface area contributed by atoms with Crippen molar-refractivity contribution >= 4 is 29.0 Å². The number of aliphatic hydroxyl groups excluding tert-OH is 1. The van der Waals surface area contributed by atoms with Gasteiger partial charge in [0, 0.05) is 24.5 Å². The Morgan fingerprint density at radius 2 is 1.92 bits per heavy atom. The standard InChI is InChI=1S/C25H29ClF4N4O2/c1-16-13-17(25(28,29)30)14-22(31-16)34-12-7-21(35)23(34)24(36)33(11-4-10-32-8-2-3-9-32)18-5-6-20(27)19(26)15-18/h5-6,13-15,21,23,35H,2-4,7-12H2,1H3/t21-,23+/m1/s1. The molecule has 196 valence electrons. The van der Waals surface area contributed by atoms with Gasteiger partial charge in [0.2, 0.25) is 0 Å². The molecular weight excluding hydrogens is 500 g/mol. The Hall–Kier alpha value is -2.43. The number of carbonyl (C=O) groups is 1. The van der Waals surface area contributed by atoms with Crippen LogP contribution in [-0.2, 0) is 11.0 Å². The van der Waals surface area contributed by atoms with Crippen LogP contribution in [0.1, 0.15) is 36.9 Å². The molecule has 2 fully saturated rings. The number of alkyl halides is 3. The average molecular weight is 529 g/mol. The molecule has 0 unspecified atom stereocenters. The SMILES string of the molecule is Cc1cc(C(F)(F)F)cc(N2CC[C@@H](O)[C@H]2C(=O)N(CCCN2CCCC2)c2ccc(F)c(Cl)c2)n1. The fraction of sp³-hybridized carbons (Fsp3) is 0.520. The number of pyridine rings is 1. The highest BCUT2D eigenvalue weighted by Crippen LogP contribution is 2.34. The summed E-state index contributed by atoms with van der Waals surface area (Å²) in [5, 5.41) is 10.6. The maximum absolute atomic E-state index is 13.9. The van der Waals surface area contributed by atoms with Crippen molar-refractivity contribution in [2.75, 3.05) is 42.5 Å². The maximum atomic E-state index is 13.9. The number of anilines is 2. The van der Waals surface area contributed by atoms with Crippen LogP contribution in [-0.4, -0.2) is 65.8 Å². The van der Waals surface area contributed by atoms with Crippen LogP contribution in [0.3, 0.4) is 0 Å². The molecule has 0 bridgehead atoms. The molecule has 1 amide bonds. The number of hydrogen-bond acceptors (Lipinski definition) is 5. The van der Waals surface area contributed by atoms with Gasteiger partial charge in [-0.1, -0.05) is 11.6 Å². The van der Waals surface area contributed by atoms with Crippen LogP contribution in [0.5, 0.6) is 0 Å². The van der Waals surface area contributed by atoms with E-state index in [-0.39, 0.29) is 36.0 Å². The Morgan fingerprint density at radius 3 is 2.58 bits per heavy atom. The lowest BCUT2D eigenvalue weighted by atomic mass is 10.1. The van der Waals surface area contributed by atoms with Gasteiger partial charge in [0.05, 0.1) is 16.7 Å². The van der Waals surface area contributed by atoms with Gasteiger partial charge in [-0.2, -0.15) is 13.2 Å². The van der Waals surface area contributed by atoms with Crippen molar-refractivity contribution in [2.24, 2.45) is 0 Å². The number of benzene rings is 1. The summed E-state index contributed by atoms with van der Waals surface area (Å²) < 4.78 is 54.2. The molecule has 6 nitrogen and oxygen atoms in total. The number of halogens is 5. The Kier molecular flexibility index (Phi) is 8.06. The third-order valence-electron chi connectivity index (χ3n) is 6.72. The second kappa shape index (κ2) is 10.9. The van der Waals surface area contributed by atoms with Gasteiger partial charge in [-0.3, -0.25) is 4.79 Å². The highest BCUT2D eigenvalue weighted by molar-refractivity contribution is 6.31. The lowest BCUT2D eigenvalue weighted by molar-refractivity contribution is -0.137. The Balaban J connectivity index is 1.63. The van der Waals surface area contributed by atoms with Crippen molar-refractivity contribution < 1.29 is 27.5 Å². The van der Waals surface area contributed by atoms with Gasteiger partial charge in [0.1, 0.15) is 17.7 Å². The molecular formula is C25H29ClF4N4O2. The second-order valence-corrected chi connectivity index (χ2v) is 9.75. The van der Waals surface area contributed by atoms with Crippen molar-refractivity contribution in [2.45, 2.75) is 50.9 Å². The molecule has 36 heavy (non-hydrogen) atoms. The number of likely N-dealkylation sites (tertiary alicyclic amines) is 1. The predicted octanol–water partition coefficient (Wildman–Crippen LogP) is 4.66. The molecule has 1 N–H and O–H groups in total. The van der Waals surface area contributed by atoms with Crippen LogP contribution in [0.4, 0.5) is 29.1 Å². The first-order valence-corrected chi connectivity index (χ1v) is 12.4. The fourth-order valence-corrected chi connectivity index (χ4v) is 5.11. The molecule has 0 saturated carbocycles. The highest BCUT2D eigenvalue weighted by Gasteiger charge is 2.42. The van der Waals surface area contributed by atoms with Crippen LogP contribution < -0.4 is 9.80 Å². The Morgan fingerprint density at radius 1 is 1.19 bits per heavy atom. The molecule has 4 rings (SSSR count). The zero-order valence-corrected chi connectivity index (χ0v) is 20.7. The topological polar surface area (TPSA) is 59.9 Å². The monoisotopic (exact) mass is 528 g/mol. The maximum Gasteiger partial charge on any atom is 0.416 e. The molecule has 2 atom stereocenters. The van der Waals surface area contributed by atoms with Gasteiger partial charge in [-0.25, -0.2) is 9.37 Å². The van der Waals surface area contributed by atoms with Gasteiger partial charge in [-0.15, -0.1) is 0 Å². The summed E-state index contributed by atoms with van der Waals surface area (Å²) in [5.74, 6) is -1.15. The van der Waals surface area contributed by atoms with E-state index in [1.165, 1.54) is 34.9 Å². The normalized spacial score (nSPS) is 20.8. The Labute approximate surface area is 212 Å². The van der Waals surface area contributed by atoms with E-state index in [1.54, 1.807) is 0 Å². The van der Waals surface area contributed by atoms with Crippen LogP contribution in [0.15, 0.2) is 30.3 Å². The van der Waals surface area contributed by atoms with E-state index >= 15 is 0 Å². The van der Waals surface area contributed by atoms with Crippen molar-refractivity contribution in [3.63, 3.8) is 0 Å². The molecule has 2 saturated heterocycles. The molecule has 2 aromatic rings. The first-order valence-electron chi connectivity index (χ1n) is 12.0. The zero-order valence-electron chi connectivity index (χ0n) is 19.9. The van der Waals surface area contributed by atoms with E-state index in [2.05, 4.69) is 9.88 Å². The van der Waals surface area contributed by atoms with E-state index in [0.717, 1.165) is 44.6 Å². The smallest absolute Gasteiger partial charge is 0.390 e. The van der Waals surface area contributed by atoms with Crippen molar-refractivity contribution in [3.05, 3.63) is 52.4 Å². The molecule has 0 aliphatic carbocycles. The van der Waals surface area contributed by atoms with Crippen LogP contribution >= 0.6 is 11.6 Å². The molecule has 1 aromatic heterocycles. The summed E-state index contributed by atoms with van der Waals surface area (Å²) in [6.07, 6.45) is -2.60. The van der Waals surface area contributed by atoms with Gasteiger partial charge in [-0.05, 0) is 82.6 Å². The van der Waals surface area contributed by atoms with E-state index in [4.69, 9.17) is 11.6 Å². The number of carbonyl (C=O) groups excluding carboxylic acids is 1. The van der Waals surface area contributed by atoms with Crippen LogP contribution in [0.2, 0.25) is 5.02 Å². The highest BCUT2D eigenvalue weighted by atomic mass is 35.5. The zero-order chi connectivity index (χ0) is 26.0. The first kappa shape index (κ1) is 26.6. The third-order valence-corrected chi connectivity index (χ3v) is 7.01. The molecule has 0 radical (unpaired) electrons. The summed E-state index contributed by atoms with van der Waals surface area (Å²) in [6, 6.07) is 4.65. The number of aromatic nitrogens is 1. The van der Waals surface area contributed by atoms with Gasteiger partial charge >= 0.3 is 6.18 Å². The lowest BCUT2D eigenvalue weighted by Gasteiger charge is -2.33. The minimum absolute atomic E-state index is 0.0219. The largest absolute Gasteiger partial charge is 0.416 e. The molecule has 11 heteroatoms. The molecule has 1 aromatic carbocycles. The van der Waals surface area contributed by atoms with Crippen molar-refractivity contribution in [3.8, 4) is 0 Å².